The second-order valence-electron chi connectivity index (χ2n) is 5.23. The largest absolute Gasteiger partial charge is 0.481 e. The highest BCUT2D eigenvalue weighted by Gasteiger charge is 2.36. The number of ether oxygens (including phenoxy) is 1. The van der Waals surface area contributed by atoms with Crippen LogP contribution in [0.3, 0.4) is 0 Å². The summed E-state index contributed by atoms with van der Waals surface area (Å²) in [5.41, 5.74) is 1.43. The topological polar surface area (TPSA) is 66.8 Å². The molecule has 106 valence electrons. The van der Waals surface area contributed by atoms with Crippen LogP contribution in [0.5, 0.6) is 0 Å². The molecule has 2 unspecified atom stereocenters. The van der Waals surface area contributed by atoms with Crippen molar-refractivity contribution in [2.75, 3.05) is 18.1 Å². The van der Waals surface area contributed by atoms with Crippen molar-refractivity contribution in [1.82, 2.24) is 0 Å². The fraction of sp³-hybridized carbons (Fsp3) is 0.467. The zero-order valence-corrected chi connectivity index (χ0v) is 11.1. The van der Waals surface area contributed by atoms with E-state index < -0.39 is 11.9 Å². The number of anilines is 1. The lowest BCUT2D eigenvalue weighted by Crippen LogP contribution is -2.43. The third-order valence-corrected chi connectivity index (χ3v) is 4.01. The Morgan fingerprint density at radius 1 is 1.25 bits per heavy atom. The minimum absolute atomic E-state index is 0.0428. The summed E-state index contributed by atoms with van der Waals surface area (Å²) in [4.78, 5) is 25.5. The van der Waals surface area contributed by atoms with Gasteiger partial charge >= 0.3 is 5.97 Å². The Morgan fingerprint density at radius 2 is 2.05 bits per heavy atom. The minimum atomic E-state index is -0.832. The van der Waals surface area contributed by atoms with Gasteiger partial charge in [-0.05, 0) is 30.9 Å². The Morgan fingerprint density at radius 3 is 2.75 bits per heavy atom. The van der Waals surface area contributed by atoms with Gasteiger partial charge in [-0.15, -0.1) is 0 Å². The molecule has 2 aliphatic heterocycles. The maximum Gasteiger partial charge on any atom is 0.311 e. The van der Waals surface area contributed by atoms with Crippen molar-refractivity contribution in [1.29, 1.82) is 0 Å². The Bertz CT molecular complexity index is 536. The number of fused-ring (bicyclic) bond motifs is 1. The molecular formula is C15H17NO4. The molecule has 1 saturated heterocycles. The van der Waals surface area contributed by atoms with E-state index in [4.69, 9.17) is 4.74 Å². The highest BCUT2D eigenvalue weighted by molar-refractivity contribution is 5.99. The Balaban J connectivity index is 1.92. The number of carbonyl (C=O) groups is 2. The minimum Gasteiger partial charge on any atom is -0.481 e. The summed E-state index contributed by atoms with van der Waals surface area (Å²) in [6.45, 7) is 1.07. The molecule has 3 rings (SSSR count). The molecule has 2 heterocycles. The zero-order chi connectivity index (χ0) is 14.1. The fourth-order valence-corrected chi connectivity index (χ4v) is 2.99. The predicted octanol–water partition coefficient (Wildman–Crippen LogP) is 1.77. The summed E-state index contributed by atoms with van der Waals surface area (Å²) in [7, 11) is 0. The van der Waals surface area contributed by atoms with Gasteiger partial charge in [0.1, 0.15) is 6.10 Å². The predicted molar refractivity (Wildman–Crippen MR) is 72.8 cm³/mol. The number of aliphatic carboxylic acids is 1. The first-order valence-corrected chi connectivity index (χ1v) is 6.93. The van der Waals surface area contributed by atoms with Gasteiger partial charge < -0.3 is 14.7 Å². The van der Waals surface area contributed by atoms with Crippen molar-refractivity contribution in [3.8, 4) is 0 Å². The van der Waals surface area contributed by atoms with E-state index in [2.05, 4.69) is 0 Å². The standard InChI is InChI=1S/C15H17NO4/c17-14(13-6-3-9-20-13)16-8-7-11(15(18)19)10-4-1-2-5-12(10)16/h1-2,4-5,11,13H,3,6-9H2,(H,18,19). The van der Waals surface area contributed by atoms with Crippen LogP contribution in [-0.2, 0) is 14.3 Å². The molecule has 20 heavy (non-hydrogen) atoms. The molecule has 0 saturated carbocycles. The maximum atomic E-state index is 12.5. The Kier molecular flexibility index (Phi) is 3.44. The van der Waals surface area contributed by atoms with Crippen molar-refractivity contribution in [3.63, 3.8) is 0 Å². The molecule has 5 heteroatoms. The number of hydrogen-bond donors (Lipinski definition) is 1. The number of carboxylic acids is 1. The molecule has 1 fully saturated rings. The molecule has 2 atom stereocenters. The van der Waals surface area contributed by atoms with Gasteiger partial charge in [-0.25, -0.2) is 0 Å². The van der Waals surface area contributed by atoms with E-state index in [1.807, 2.05) is 18.2 Å². The van der Waals surface area contributed by atoms with Crippen molar-refractivity contribution in [3.05, 3.63) is 29.8 Å². The van der Waals surface area contributed by atoms with Crippen LogP contribution in [0.15, 0.2) is 24.3 Å². The summed E-state index contributed by atoms with van der Waals surface area (Å²) in [6.07, 6.45) is 1.73. The molecule has 0 radical (unpaired) electrons. The van der Waals surface area contributed by atoms with Crippen LogP contribution < -0.4 is 4.90 Å². The summed E-state index contributed by atoms with van der Waals surface area (Å²) in [6, 6.07) is 7.26. The molecule has 1 amide bonds. The monoisotopic (exact) mass is 275 g/mol. The highest BCUT2D eigenvalue weighted by Crippen LogP contribution is 2.36. The number of carbonyl (C=O) groups excluding carboxylic acids is 1. The van der Waals surface area contributed by atoms with E-state index in [1.165, 1.54) is 0 Å². The number of nitrogens with zero attached hydrogens (tertiary/aromatic N) is 1. The van der Waals surface area contributed by atoms with Crippen LogP contribution >= 0.6 is 0 Å². The highest BCUT2D eigenvalue weighted by atomic mass is 16.5. The average Bonchev–Trinajstić information content (AvgIpc) is 2.99. The molecule has 0 bridgehead atoms. The zero-order valence-electron chi connectivity index (χ0n) is 11.1. The first-order chi connectivity index (χ1) is 9.68. The Labute approximate surface area is 117 Å². The van der Waals surface area contributed by atoms with Gasteiger partial charge in [-0.1, -0.05) is 18.2 Å². The maximum absolute atomic E-state index is 12.5. The van der Waals surface area contributed by atoms with Gasteiger partial charge in [-0.2, -0.15) is 0 Å². The van der Waals surface area contributed by atoms with Gasteiger partial charge in [0.15, 0.2) is 0 Å². The molecular weight excluding hydrogens is 258 g/mol. The van der Waals surface area contributed by atoms with E-state index in [0.29, 0.717) is 25.3 Å². The van der Waals surface area contributed by atoms with Crippen LogP contribution in [0.2, 0.25) is 0 Å². The SMILES string of the molecule is O=C(O)C1CCN(C(=O)C2CCCO2)c2ccccc21. The molecule has 0 aliphatic carbocycles. The van der Waals surface area contributed by atoms with E-state index in [0.717, 1.165) is 18.4 Å². The summed E-state index contributed by atoms with van der Waals surface area (Å²) in [5.74, 6) is -1.40. The average molecular weight is 275 g/mol. The van der Waals surface area contributed by atoms with Gasteiger partial charge in [0.25, 0.3) is 5.91 Å². The van der Waals surface area contributed by atoms with Crippen molar-refractivity contribution < 1.29 is 19.4 Å². The van der Waals surface area contributed by atoms with Crippen LogP contribution in [-0.4, -0.2) is 36.2 Å². The quantitative estimate of drug-likeness (QED) is 0.893. The number of rotatable bonds is 2. The number of amides is 1. The van der Waals surface area contributed by atoms with Gasteiger partial charge in [0.05, 0.1) is 5.92 Å². The third-order valence-electron chi connectivity index (χ3n) is 4.01. The normalized spacial score (nSPS) is 25.3. The second-order valence-corrected chi connectivity index (χ2v) is 5.23. The van der Waals surface area contributed by atoms with E-state index in [-0.39, 0.29) is 12.0 Å². The number of hydrogen-bond acceptors (Lipinski definition) is 3. The molecule has 2 aliphatic rings. The molecule has 1 aromatic rings. The first-order valence-electron chi connectivity index (χ1n) is 6.93. The smallest absolute Gasteiger partial charge is 0.311 e. The summed E-state index contributed by atoms with van der Waals surface area (Å²) < 4.78 is 5.45. The lowest BCUT2D eigenvalue weighted by atomic mass is 9.89. The molecule has 5 nitrogen and oxygen atoms in total. The molecule has 0 aromatic heterocycles. The van der Waals surface area contributed by atoms with E-state index in [1.54, 1.807) is 11.0 Å². The van der Waals surface area contributed by atoms with Gasteiger partial charge in [0.2, 0.25) is 0 Å². The molecule has 1 N–H and O–H groups in total. The Hall–Kier alpha value is -1.88. The lowest BCUT2D eigenvalue weighted by Gasteiger charge is -2.33. The van der Waals surface area contributed by atoms with Crippen molar-refractivity contribution in [2.24, 2.45) is 0 Å². The lowest BCUT2D eigenvalue weighted by molar-refractivity contribution is -0.139. The number of para-hydroxylation sites is 1. The fourth-order valence-electron chi connectivity index (χ4n) is 2.99. The van der Waals surface area contributed by atoms with E-state index in [9.17, 15) is 14.7 Å². The molecule has 1 aromatic carbocycles. The number of benzene rings is 1. The molecule has 0 spiro atoms. The van der Waals surface area contributed by atoms with Crippen molar-refractivity contribution in [2.45, 2.75) is 31.3 Å². The van der Waals surface area contributed by atoms with E-state index >= 15 is 0 Å². The first kappa shape index (κ1) is 13.1. The van der Waals surface area contributed by atoms with Crippen LogP contribution in [0.4, 0.5) is 5.69 Å². The summed E-state index contributed by atoms with van der Waals surface area (Å²) >= 11 is 0. The van der Waals surface area contributed by atoms with Crippen molar-refractivity contribution >= 4 is 17.6 Å². The second kappa shape index (κ2) is 5.25. The number of carboxylic acid groups (broad SMARTS) is 1. The van der Waals surface area contributed by atoms with Crippen LogP contribution in [0, 0.1) is 0 Å². The van der Waals surface area contributed by atoms with Gasteiger partial charge in [0, 0.05) is 18.8 Å². The van der Waals surface area contributed by atoms with Gasteiger partial charge in [-0.3, -0.25) is 9.59 Å². The van der Waals surface area contributed by atoms with Crippen LogP contribution in [0.25, 0.3) is 0 Å². The van der Waals surface area contributed by atoms with Crippen LogP contribution in [0.1, 0.15) is 30.7 Å². The summed E-state index contributed by atoms with van der Waals surface area (Å²) in [5, 5.41) is 9.29. The third kappa shape index (κ3) is 2.18.